The van der Waals surface area contributed by atoms with Crippen LogP contribution in [0.25, 0.3) is 0 Å². The second-order valence-electron chi connectivity index (χ2n) is 5.95. The molecule has 3 rings (SSSR count). The number of sulfonamides is 1. The number of hydrogen-bond acceptors (Lipinski definition) is 4. The lowest BCUT2D eigenvalue weighted by molar-refractivity contribution is 0.0696. The molecule has 1 heterocycles. The molecule has 1 unspecified atom stereocenters. The summed E-state index contributed by atoms with van der Waals surface area (Å²) in [5.41, 5.74) is 2.34. The smallest absolute Gasteiger partial charge is 0.335 e. The molecule has 1 aliphatic carbocycles. The first-order chi connectivity index (χ1) is 11.4. The van der Waals surface area contributed by atoms with Crippen LogP contribution in [0.3, 0.4) is 0 Å². The van der Waals surface area contributed by atoms with Gasteiger partial charge in [0.1, 0.15) is 0 Å². The normalized spacial score (nSPS) is 17.3. The second kappa shape index (κ2) is 6.33. The number of aromatic nitrogens is 1. The molecule has 0 bridgehead atoms. The Kier molecular flexibility index (Phi) is 4.38. The summed E-state index contributed by atoms with van der Waals surface area (Å²) in [6.07, 6.45) is 4.08. The lowest BCUT2D eigenvalue weighted by Crippen LogP contribution is -2.31. The molecular weight excluding hydrogens is 328 g/mol. The number of aryl methyl sites for hydroxylation is 2. The van der Waals surface area contributed by atoms with E-state index in [-0.39, 0.29) is 16.5 Å². The van der Waals surface area contributed by atoms with Gasteiger partial charge >= 0.3 is 5.97 Å². The highest BCUT2D eigenvalue weighted by Gasteiger charge is 2.27. The minimum Gasteiger partial charge on any atom is -0.478 e. The number of hydrogen-bond donors (Lipinski definition) is 2. The third kappa shape index (κ3) is 3.32. The van der Waals surface area contributed by atoms with Crippen LogP contribution in [0, 0.1) is 6.92 Å². The maximum atomic E-state index is 12.7. The highest BCUT2D eigenvalue weighted by Crippen LogP contribution is 2.29. The fourth-order valence-electron chi connectivity index (χ4n) is 3.01. The number of carbonyl (C=O) groups is 1. The largest absolute Gasteiger partial charge is 0.478 e. The Labute approximate surface area is 140 Å². The minimum absolute atomic E-state index is 0.0316. The molecule has 1 atom stereocenters. The first kappa shape index (κ1) is 16.6. The fourth-order valence-corrected chi connectivity index (χ4v) is 4.39. The van der Waals surface area contributed by atoms with E-state index < -0.39 is 16.0 Å². The van der Waals surface area contributed by atoms with Gasteiger partial charge in [-0.3, -0.25) is 4.98 Å². The summed E-state index contributed by atoms with van der Waals surface area (Å²) in [5, 5.41) is 9.13. The molecule has 1 aromatic heterocycles. The molecule has 0 radical (unpaired) electrons. The van der Waals surface area contributed by atoms with E-state index >= 15 is 0 Å². The van der Waals surface area contributed by atoms with Crippen LogP contribution < -0.4 is 4.72 Å². The van der Waals surface area contributed by atoms with Gasteiger partial charge in [-0.05, 0) is 61.6 Å². The van der Waals surface area contributed by atoms with Crippen molar-refractivity contribution in [1.29, 1.82) is 0 Å². The summed E-state index contributed by atoms with van der Waals surface area (Å²) >= 11 is 0. The van der Waals surface area contributed by atoms with Crippen LogP contribution in [-0.4, -0.2) is 24.5 Å². The van der Waals surface area contributed by atoms with E-state index in [9.17, 15) is 13.2 Å². The van der Waals surface area contributed by atoms with Crippen LogP contribution in [0.4, 0.5) is 0 Å². The molecule has 7 heteroatoms. The Balaban J connectivity index is 1.94. The van der Waals surface area contributed by atoms with Gasteiger partial charge in [-0.15, -0.1) is 0 Å². The van der Waals surface area contributed by atoms with Gasteiger partial charge in [0.25, 0.3) is 0 Å². The third-order valence-electron chi connectivity index (χ3n) is 4.11. The molecule has 6 nitrogen and oxygen atoms in total. The molecule has 24 heavy (non-hydrogen) atoms. The summed E-state index contributed by atoms with van der Waals surface area (Å²) < 4.78 is 28.1. The topological polar surface area (TPSA) is 96.4 Å². The average molecular weight is 346 g/mol. The maximum absolute atomic E-state index is 12.7. The summed E-state index contributed by atoms with van der Waals surface area (Å²) in [6.45, 7) is 1.67. The van der Waals surface area contributed by atoms with Crippen molar-refractivity contribution < 1.29 is 18.3 Å². The number of carboxylic acids is 1. The Bertz CT molecular complexity index is 893. The number of rotatable bonds is 4. The van der Waals surface area contributed by atoms with Gasteiger partial charge in [0.05, 0.1) is 10.5 Å². The van der Waals surface area contributed by atoms with E-state index in [1.807, 2.05) is 6.07 Å². The number of nitrogens with one attached hydrogen (secondary N) is 1. The summed E-state index contributed by atoms with van der Waals surface area (Å²) in [6, 6.07) is 7.43. The maximum Gasteiger partial charge on any atom is 0.335 e. The van der Waals surface area contributed by atoms with Crippen molar-refractivity contribution >= 4 is 16.0 Å². The predicted molar refractivity (Wildman–Crippen MR) is 88.4 cm³/mol. The molecule has 2 aromatic rings. The van der Waals surface area contributed by atoms with Gasteiger partial charge in [-0.1, -0.05) is 6.07 Å². The summed E-state index contributed by atoms with van der Waals surface area (Å²) in [4.78, 5) is 15.4. The molecular formula is C17H18N2O4S. The van der Waals surface area contributed by atoms with Crippen molar-refractivity contribution in [3.05, 3.63) is 58.9 Å². The molecule has 126 valence electrons. The van der Waals surface area contributed by atoms with Crippen LogP contribution >= 0.6 is 0 Å². The molecule has 0 saturated heterocycles. The predicted octanol–water partition coefficient (Wildman–Crippen LogP) is 2.44. The SMILES string of the molecule is Cc1cc(C(=O)O)cc(S(=O)(=O)NC2CCCc3ncccc32)c1. The summed E-state index contributed by atoms with van der Waals surface area (Å²) in [7, 11) is -3.82. The first-order valence-electron chi connectivity index (χ1n) is 7.68. The Morgan fingerprint density at radius 1 is 1.33 bits per heavy atom. The molecule has 2 N–H and O–H groups in total. The zero-order valence-electron chi connectivity index (χ0n) is 13.2. The highest BCUT2D eigenvalue weighted by molar-refractivity contribution is 7.89. The number of benzene rings is 1. The van der Waals surface area contributed by atoms with E-state index in [1.54, 1.807) is 19.2 Å². The van der Waals surface area contributed by atoms with Gasteiger partial charge in [-0.2, -0.15) is 0 Å². The van der Waals surface area contributed by atoms with E-state index in [0.717, 1.165) is 24.1 Å². The van der Waals surface area contributed by atoms with Crippen molar-refractivity contribution in [2.45, 2.75) is 37.1 Å². The van der Waals surface area contributed by atoms with Crippen LogP contribution in [0.5, 0.6) is 0 Å². The van der Waals surface area contributed by atoms with E-state index in [4.69, 9.17) is 5.11 Å². The number of pyridine rings is 1. The molecule has 1 aliphatic rings. The molecule has 0 saturated carbocycles. The first-order valence-corrected chi connectivity index (χ1v) is 9.16. The standard InChI is InChI=1S/C17H18N2O4S/c1-11-8-12(17(20)21)10-13(9-11)24(22,23)19-16-6-2-5-15-14(16)4-3-7-18-15/h3-4,7-10,16,19H,2,5-6H2,1H3,(H,20,21). The number of nitrogens with zero attached hydrogens (tertiary/aromatic N) is 1. The van der Waals surface area contributed by atoms with Crippen LogP contribution in [0.2, 0.25) is 0 Å². The Morgan fingerprint density at radius 3 is 2.88 bits per heavy atom. The molecule has 0 spiro atoms. The van der Waals surface area contributed by atoms with Crippen LogP contribution in [0.1, 0.15) is 46.1 Å². The second-order valence-corrected chi connectivity index (χ2v) is 7.66. The van der Waals surface area contributed by atoms with Crippen LogP contribution in [-0.2, 0) is 16.4 Å². The molecule has 0 fully saturated rings. The van der Waals surface area contributed by atoms with Crippen molar-refractivity contribution in [2.75, 3.05) is 0 Å². The lowest BCUT2D eigenvalue weighted by Gasteiger charge is -2.25. The number of aromatic carboxylic acids is 1. The van der Waals surface area contributed by atoms with Crippen molar-refractivity contribution in [2.24, 2.45) is 0 Å². The van der Waals surface area contributed by atoms with Crippen molar-refractivity contribution in [3.63, 3.8) is 0 Å². The zero-order chi connectivity index (χ0) is 17.3. The monoisotopic (exact) mass is 346 g/mol. The van der Waals surface area contributed by atoms with E-state index in [0.29, 0.717) is 12.0 Å². The van der Waals surface area contributed by atoms with Gasteiger partial charge in [0.2, 0.25) is 10.0 Å². The van der Waals surface area contributed by atoms with E-state index in [1.165, 1.54) is 18.2 Å². The average Bonchev–Trinajstić information content (AvgIpc) is 2.54. The lowest BCUT2D eigenvalue weighted by atomic mass is 9.92. The minimum atomic E-state index is -3.82. The number of carboxylic acid groups (broad SMARTS) is 1. The van der Waals surface area contributed by atoms with Gasteiger partial charge in [0.15, 0.2) is 0 Å². The van der Waals surface area contributed by atoms with Gasteiger partial charge in [-0.25, -0.2) is 17.9 Å². The molecule has 0 amide bonds. The summed E-state index contributed by atoms with van der Waals surface area (Å²) in [5.74, 6) is -1.15. The zero-order valence-corrected chi connectivity index (χ0v) is 14.0. The van der Waals surface area contributed by atoms with Crippen molar-refractivity contribution in [3.8, 4) is 0 Å². The van der Waals surface area contributed by atoms with Crippen molar-refractivity contribution in [1.82, 2.24) is 9.71 Å². The van der Waals surface area contributed by atoms with Crippen LogP contribution in [0.15, 0.2) is 41.4 Å². The molecule has 1 aromatic carbocycles. The third-order valence-corrected chi connectivity index (χ3v) is 5.56. The van der Waals surface area contributed by atoms with Gasteiger partial charge in [0, 0.05) is 17.9 Å². The Morgan fingerprint density at radius 2 is 2.12 bits per heavy atom. The molecule has 0 aliphatic heterocycles. The quantitative estimate of drug-likeness (QED) is 0.886. The Hall–Kier alpha value is -2.25. The fraction of sp³-hybridized carbons (Fsp3) is 0.294. The highest BCUT2D eigenvalue weighted by atomic mass is 32.2. The van der Waals surface area contributed by atoms with E-state index in [2.05, 4.69) is 9.71 Å². The van der Waals surface area contributed by atoms with Gasteiger partial charge < -0.3 is 5.11 Å². The number of fused-ring (bicyclic) bond motifs is 1.